The van der Waals surface area contributed by atoms with Crippen LogP contribution in [0.15, 0.2) is 24.3 Å². The van der Waals surface area contributed by atoms with Crippen LogP contribution in [-0.2, 0) is 4.79 Å². The van der Waals surface area contributed by atoms with E-state index in [2.05, 4.69) is 22.9 Å². The molecule has 0 radical (unpaired) electrons. The summed E-state index contributed by atoms with van der Waals surface area (Å²) in [6, 6.07) is 7.86. The van der Waals surface area contributed by atoms with Crippen LogP contribution in [0.5, 0.6) is 0 Å². The largest absolute Gasteiger partial charge is 0.481 e. The van der Waals surface area contributed by atoms with E-state index in [0.29, 0.717) is 6.42 Å². The van der Waals surface area contributed by atoms with Crippen molar-refractivity contribution < 1.29 is 9.90 Å². The normalized spacial score (nSPS) is 18.0. The fraction of sp³-hybridized carbons (Fsp3) is 0.533. The molecule has 1 fully saturated rings. The molecule has 5 nitrogen and oxygen atoms in total. The van der Waals surface area contributed by atoms with E-state index in [4.69, 9.17) is 10.8 Å². The van der Waals surface area contributed by atoms with Gasteiger partial charge in [-0.1, -0.05) is 18.2 Å². The van der Waals surface area contributed by atoms with Gasteiger partial charge >= 0.3 is 5.97 Å². The number of nitrogens with zero attached hydrogens (tertiary/aromatic N) is 2. The molecule has 1 aliphatic rings. The minimum absolute atomic E-state index is 0.109. The van der Waals surface area contributed by atoms with Crippen molar-refractivity contribution in [2.75, 3.05) is 38.1 Å². The van der Waals surface area contributed by atoms with Crippen LogP contribution in [-0.4, -0.2) is 49.2 Å². The average molecular weight is 277 g/mol. The van der Waals surface area contributed by atoms with E-state index in [1.54, 1.807) is 0 Å². The highest BCUT2D eigenvalue weighted by molar-refractivity contribution is 5.67. The number of para-hydroxylation sites is 1. The third-order valence-electron chi connectivity index (χ3n) is 3.85. The summed E-state index contributed by atoms with van der Waals surface area (Å²) in [4.78, 5) is 15.3. The number of piperazine rings is 1. The van der Waals surface area contributed by atoms with Crippen molar-refractivity contribution >= 4 is 11.7 Å². The molecule has 2 rings (SSSR count). The van der Waals surface area contributed by atoms with Gasteiger partial charge in [0.25, 0.3) is 0 Å². The van der Waals surface area contributed by atoms with Gasteiger partial charge < -0.3 is 20.6 Å². The monoisotopic (exact) mass is 277 g/mol. The smallest absolute Gasteiger partial charge is 0.303 e. The van der Waals surface area contributed by atoms with Crippen LogP contribution >= 0.6 is 0 Å². The molecule has 1 atom stereocenters. The highest BCUT2D eigenvalue weighted by Crippen LogP contribution is 2.28. The number of rotatable bonds is 5. The highest BCUT2D eigenvalue weighted by atomic mass is 16.4. The quantitative estimate of drug-likeness (QED) is 0.849. The van der Waals surface area contributed by atoms with Crippen molar-refractivity contribution in [1.29, 1.82) is 0 Å². The molecule has 5 heteroatoms. The summed E-state index contributed by atoms with van der Waals surface area (Å²) >= 11 is 0. The molecule has 0 aliphatic carbocycles. The van der Waals surface area contributed by atoms with Gasteiger partial charge in [0.05, 0.1) is 0 Å². The molecule has 0 aromatic heterocycles. The third-order valence-corrected chi connectivity index (χ3v) is 3.85. The van der Waals surface area contributed by atoms with Crippen LogP contribution < -0.4 is 10.6 Å². The van der Waals surface area contributed by atoms with Crippen LogP contribution in [0.2, 0.25) is 0 Å². The Morgan fingerprint density at radius 3 is 2.60 bits per heavy atom. The van der Waals surface area contributed by atoms with Gasteiger partial charge in [-0.2, -0.15) is 0 Å². The second kappa shape index (κ2) is 6.72. The van der Waals surface area contributed by atoms with Gasteiger partial charge in [-0.15, -0.1) is 0 Å². The van der Waals surface area contributed by atoms with Gasteiger partial charge in [0, 0.05) is 44.3 Å². The van der Waals surface area contributed by atoms with E-state index in [-0.39, 0.29) is 12.5 Å². The fourth-order valence-corrected chi connectivity index (χ4v) is 2.57. The second-order valence-electron chi connectivity index (χ2n) is 5.39. The third kappa shape index (κ3) is 3.71. The molecular weight excluding hydrogens is 254 g/mol. The van der Waals surface area contributed by atoms with Crippen molar-refractivity contribution in [2.45, 2.75) is 18.9 Å². The maximum atomic E-state index is 10.7. The van der Waals surface area contributed by atoms with Gasteiger partial charge in [-0.3, -0.25) is 4.79 Å². The molecule has 20 heavy (non-hydrogen) atoms. The van der Waals surface area contributed by atoms with Crippen LogP contribution in [0, 0.1) is 0 Å². The van der Waals surface area contributed by atoms with E-state index in [1.165, 1.54) is 0 Å². The molecule has 110 valence electrons. The van der Waals surface area contributed by atoms with E-state index in [9.17, 15) is 4.79 Å². The van der Waals surface area contributed by atoms with Crippen molar-refractivity contribution in [1.82, 2.24) is 4.90 Å². The Morgan fingerprint density at radius 2 is 1.95 bits per heavy atom. The summed E-state index contributed by atoms with van der Waals surface area (Å²) in [6.45, 7) is 4.05. The summed E-state index contributed by atoms with van der Waals surface area (Å²) in [5, 5.41) is 8.78. The molecule has 1 heterocycles. The standard InChI is InChI=1S/C15H23N3O2/c1-17-8-10-18(11-9-17)14-5-3-2-4-12(14)13(16)6-7-15(19)20/h2-5,13H,6-11,16H2,1H3,(H,19,20). The molecule has 0 spiro atoms. The summed E-state index contributed by atoms with van der Waals surface area (Å²) in [7, 11) is 2.13. The lowest BCUT2D eigenvalue weighted by Crippen LogP contribution is -2.45. The Balaban J connectivity index is 2.11. The molecule has 1 aromatic rings. The molecular formula is C15H23N3O2. The molecule has 0 bridgehead atoms. The van der Waals surface area contributed by atoms with Crippen molar-refractivity contribution in [3.8, 4) is 0 Å². The predicted octanol–water partition coefficient (Wildman–Crippen LogP) is 1.30. The number of nitrogens with two attached hydrogens (primary N) is 1. The van der Waals surface area contributed by atoms with Crippen LogP contribution in [0.4, 0.5) is 5.69 Å². The number of carboxylic acids is 1. The Morgan fingerprint density at radius 1 is 1.30 bits per heavy atom. The first kappa shape index (κ1) is 14.8. The average Bonchev–Trinajstić information content (AvgIpc) is 2.45. The highest BCUT2D eigenvalue weighted by Gasteiger charge is 2.19. The lowest BCUT2D eigenvalue weighted by Gasteiger charge is -2.35. The lowest BCUT2D eigenvalue weighted by atomic mass is 10.00. The fourth-order valence-electron chi connectivity index (χ4n) is 2.57. The number of aliphatic carboxylic acids is 1. The molecule has 0 amide bonds. The molecule has 1 aliphatic heterocycles. The first-order chi connectivity index (χ1) is 9.58. The molecule has 3 N–H and O–H groups in total. The van der Waals surface area contributed by atoms with Crippen molar-refractivity contribution in [2.24, 2.45) is 5.73 Å². The van der Waals surface area contributed by atoms with E-state index >= 15 is 0 Å². The number of hydrogen-bond acceptors (Lipinski definition) is 4. The van der Waals surface area contributed by atoms with Crippen molar-refractivity contribution in [3.63, 3.8) is 0 Å². The van der Waals surface area contributed by atoms with Gasteiger partial charge in [-0.05, 0) is 25.1 Å². The SMILES string of the molecule is CN1CCN(c2ccccc2C(N)CCC(=O)O)CC1. The number of hydrogen-bond donors (Lipinski definition) is 2. The summed E-state index contributed by atoms with van der Waals surface area (Å²) in [6.07, 6.45) is 0.582. The second-order valence-corrected chi connectivity index (χ2v) is 5.39. The molecule has 1 saturated heterocycles. The van der Waals surface area contributed by atoms with E-state index in [1.807, 2.05) is 18.2 Å². The maximum Gasteiger partial charge on any atom is 0.303 e. The van der Waals surface area contributed by atoms with Gasteiger partial charge in [0.15, 0.2) is 0 Å². The van der Waals surface area contributed by atoms with Gasteiger partial charge in [-0.25, -0.2) is 0 Å². The van der Waals surface area contributed by atoms with E-state index < -0.39 is 5.97 Å². The first-order valence-electron chi connectivity index (χ1n) is 7.07. The van der Waals surface area contributed by atoms with E-state index in [0.717, 1.165) is 37.4 Å². The van der Waals surface area contributed by atoms with Gasteiger partial charge in [0.1, 0.15) is 0 Å². The summed E-state index contributed by atoms with van der Waals surface area (Å²) in [5.74, 6) is -0.794. The molecule has 1 aromatic carbocycles. The van der Waals surface area contributed by atoms with Gasteiger partial charge in [0.2, 0.25) is 0 Å². The number of likely N-dealkylation sites (N-methyl/N-ethyl adjacent to an activating group) is 1. The number of benzene rings is 1. The number of carbonyl (C=O) groups is 1. The minimum atomic E-state index is -0.794. The van der Waals surface area contributed by atoms with Crippen LogP contribution in [0.3, 0.4) is 0 Å². The minimum Gasteiger partial charge on any atom is -0.481 e. The maximum absolute atomic E-state index is 10.7. The number of carboxylic acid groups (broad SMARTS) is 1. The van der Waals surface area contributed by atoms with Crippen molar-refractivity contribution in [3.05, 3.63) is 29.8 Å². The Bertz CT molecular complexity index is 456. The van der Waals surface area contributed by atoms with Crippen LogP contribution in [0.1, 0.15) is 24.4 Å². The Labute approximate surface area is 120 Å². The Hall–Kier alpha value is -1.59. The lowest BCUT2D eigenvalue weighted by molar-refractivity contribution is -0.137. The zero-order valence-corrected chi connectivity index (χ0v) is 12.0. The summed E-state index contributed by atoms with van der Waals surface area (Å²) < 4.78 is 0. The molecule has 1 unspecified atom stereocenters. The first-order valence-corrected chi connectivity index (χ1v) is 7.07. The van der Waals surface area contributed by atoms with Crippen LogP contribution in [0.25, 0.3) is 0 Å². The topological polar surface area (TPSA) is 69.8 Å². The predicted molar refractivity (Wildman–Crippen MR) is 80.0 cm³/mol. The molecule has 0 saturated carbocycles. The summed E-state index contributed by atoms with van der Waals surface area (Å²) in [5.41, 5.74) is 8.38. The zero-order chi connectivity index (χ0) is 14.5. The Kier molecular flexibility index (Phi) is 4.98. The zero-order valence-electron chi connectivity index (χ0n) is 12.0. The number of anilines is 1.